The van der Waals surface area contributed by atoms with Crippen molar-refractivity contribution < 1.29 is 10.2 Å². The number of hydrogen-bond donors (Lipinski definition) is 3. The molecule has 3 N–H and O–H groups in total. The lowest BCUT2D eigenvalue weighted by molar-refractivity contribution is 0.0643. The van der Waals surface area contributed by atoms with Gasteiger partial charge in [-0.1, -0.05) is 31.0 Å². The molecule has 0 heterocycles. The normalized spacial score (nSPS) is 23.4. The third-order valence-corrected chi connectivity index (χ3v) is 4.10. The first-order valence-electron chi connectivity index (χ1n) is 7.43. The van der Waals surface area contributed by atoms with Crippen LogP contribution in [0.1, 0.15) is 44.1 Å². The molecule has 0 radical (unpaired) electrons. The molecule has 0 aromatic heterocycles. The molecule has 1 saturated carbocycles. The van der Waals surface area contributed by atoms with E-state index in [-0.39, 0.29) is 6.10 Å². The van der Waals surface area contributed by atoms with E-state index in [9.17, 15) is 10.2 Å². The zero-order valence-corrected chi connectivity index (χ0v) is 11.5. The van der Waals surface area contributed by atoms with Crippen LogP contribution in [0.4, 0.5) is 0 Å². The van der Waals surface area contributed by atoms with E-state index in [1.807, 2.05) is 18.2 Å². The number of benzene rings is 1. The molecule has 1 fully saturated rings. The maximum atomic E-state index is 9.89. The van der Waals surface area contributed by atoms with Gasteiger partial charge in [-0.2, -0.15) is 0 Å². The maximum absolute atomic E-state index is 9.89. The van der Waals surface area contributed by atoms with Crippen LogP contribution >= 0.6 is 0 Å². The summed E-state index contributed by atoms with van der Waals surface area (Å²) in [6, 6.07) is 7.43. The average molecular weight is 263 g/mol. The Hall–Kier alpha value is -1.06. The van der Waals surface area contributed by atoms with Gasteiger partial charge in [-0.25, -0.2) is 0 Å². The summed E-state index contributed by atoms with van der Waals surface area (Å²) in [5, 5.41) is 22.9. The van der Waals surface area contributed by atoms with E-state index in [1.165, 1.54) is 19.3 Å². The van der Waals surface area contributed by atoms with Crippen LogP contribution in [0.5, 0.6) is 5.75 Å². The number of para-hydroxylation sites is 1. The Labute approximate surface area is 115 Å². The van der Waals surface area contributed by atoms with Gasteiger partial charge in [0.25, 0.3) is 0 Å². The van der Waals surface area contributed by atoms with Crippen molar-refractivity contribution in [2.75, 3.05) is 6.54 Å². The molecule has 1 aliphatic carbocycles. The van der Waals surface area contributed by atoms with Gasteiger partial charge in [-0.05, 0) is 44.2 Å². The molecule has 2 unspecified atom stereocenters. The topological polar surface area (TPSA) is 52.5 Å². The van der Waals surface area contributed by atoms with Crippen LogP contribution in [0.2, 0.25) is 0 Å². The van der Waals surface area contributed by atoms with E-state index in [0.717, 1.165) is 31.4 Å². The van der Waals surface area contributed by atoms with Crippen molar-refractivity contribution in [1.29, 1.82) is 0 Å². The molecule has 0 aliphatic heterocycles. The second-order valence-electron chi connectivity index (χ2n) is 5.56. The summed E-state index contributed by atoms with van der Waals surface area (Å²) in [6.07, 6.45) is 6.74. The molecule has 1 aromatic carbocycles. The lowest BCUT2D eigenvalue weighted by Crippen LogP contribution is -2.25. The highest BCUT2D eigenvalue weighted by Gasteiger charge is 2.21. The van der Waals surface area contributed by atoms with Crippen molar-refractivity contribution in [3.8, 4) is 5.75 Å². The Balaban J connectivity index is 1.61. The predicted molar refractivity (Wildman–Crippen MR) is 77.0 cm³/mol. The Kier molecular flexibility index (Phi) is 5.67. The number of rotatable bonds is 6. The molecule has 106 valence electrons. The number of phenolic OH excluding ortho intramolecular Hbond substituents is 1. The average Bonchev–Trinajstić information content (AvgIpc) is 2.42. The minimum absolute atomic E-state index is 0.0769. The minimum Gasteiger partial charge on any atom is -0.508 e. The highest BCUT2D eigenvalue weighted by atomic mass is 16.3. The van der Waals surface area contributed by atoms with Crippen LogP contribution in [0.15, 0.2) is 24.3 Å². The van der Waals surface area contributed by atoms with Crippen LogP contribution in [0.25, 0.3) is 0 Å². The summed E-state index contributed by atoms with van der Waals surface area (Å²) in [7, 11) is 0. The van der Waals surface area contributed by atoms with Crippen LogP contribution in [-0.2, 0) is 6.54 Å². The number of hydrogen-bond acceptors (Lipinski definition) is 3. The van der Waals surface area contributed by atoms with Crippen molar-refractivity contribution in [3.05, 3.63) is 29.8 Å². The molecule has 19 heavy (non-hydrogen) atoms. The fourth-order valence-corrected chi connectivity index (χ4v) is 2.90. The van der Waals surface area contributed by atoms with E-state index in [4.69, 9.17) is 0 Å². The van der Waals surface area contributed by atoms with Gasteiger partial charge in [-0.15, -0.1) is 0 Å². The van der Waals surface area contributed by atoms with Crippen LogP contribution < -0.4 is 5.32 Å². The summed E-state index contributed by atoms with van der Waals surface area (Å²) in [4.78, 5) is 0. The largest absolute Gasteiger partial charge is 0.508 e. The standard InChI is InChI=1S/C16H25NO2/c18-15-9-3-1-6-13(15)8-5-11-17-12-14-7-2-4-10-16(14)19/h2,4,7,10,13,15,17-19H,1,3,5-6,8-9,11-12H2. The van der Waals surface area contributed by atoms with Gasteiger partial charge < -0.3 is 15.5 Å². The maximum Gasteiger partial charge on any atom is 0.120 e. The van der Waals surface area contributed by atoms with E-state index < -0.39 is 0 Å². The fraction of sp³-hybridized carbons (Fsp3) is 0.625. The summed E-state index contributed by atoms with van der Waals surface area (Å²) in [5.41, 5.74) is 0.945. The molecule has 2 rings (SSSR count). The third kappa shape index (κ3) is 4.51. The lowest BCUT2D eigenvalue weighted by atomic mass is 9.83. The SMILES string of the molecule is Oc1ccccc1CNCCCC1CCCCC1O. The minimum atomic E-state index is -0.0769. The van der Waals surface area contributed by atoms with E-state index in [2.05, 4.69) is 5.32 Å². The molecule has 0 saturated heterocycles. The molecular weight excluding hydrogens is 238 g/mol. The summed E-state index contributed by atoms with van der Waals surface area (Å²) in [6.45, 7) is 1.65. The second-order valence-corrected chi connectivity index (χ2v) is 5.56. The van der Waals surface area contributed by atoms with Crippen LogP contribution in [0.3, 0.4) is 0 Å². The zero-order valence-electron chi connectivity index (χ0n) is 11.5. The van der Waals surface area contributed by atoms with E-state index >= 15 is 0 Å². The molecular formula is C16H25NO2. The van der Waals surface area contributed by atoms with Crippen molar-refractivity contribution in [2.24, 2.45) is 5.92 Å². The monoisotopic (exact) mass is 263 g/mol. The fourth-order valence-electron chi connectivity index (χ4n) is 2.90. The number of aliphatic hydroxyl groups excluding tert-OH is 1. The Morgan fingerprint density at radius 1 is 1.16 bits per heavy atom. The number of aromatic hydroxyl groups is 1. The van der Waals surface area contributed by atoms with Crippen molar-refractivity contribution >= 4 is 0 Å². The molecule has 1 aliphatic rings. The Morgan fingerprint density at radius 3 is 2.74 bits per heavy atom. The van der Waals surface area contributed by atoms with Crippen molar-refractivity contribution in [3.63, 3.8) is 0 Å². The number of aliphatic hydroxyl groups is 1. The van der Waals surface area contributed by atoms with E-state index in [0.29, 0.717) is 18.2 Å². The number of nitrogens with one attached hydrogen (secondary N) is 1. The zero-order chi connectivity index (χ0) is 13.5. The lowest BCUT2D eigenvalue weighted by Gasteiger charge is -2.27. The van der Waals surface area contributed by atoms with Crippen molar-refractivity contribution in [2.45, 2.75) is 51.2 Å². The smallest absolute Gasteiger partial charge is 0.120 e. The third-order valence-electron chi connectivity index (χ3n) is 4.10. The highest BCUT2D eigenvalue weighted by Crippen LogP contribution is 2.27. The summed E-state index contributed by atoms with van der Waals surface area (Å²) in [5.74, 6) is 0.860. The quantitative estimate of drug-likeness (QED) is 0.692. The highest BCUT2D eigenvalue weighted by molar-refractivity contribution is 5.31. The van der Waals surface area contributed by atoms with Gasteiger partial charge in [0.2, 0.25) is 0 Å². The molecule has 3 nitrogen and oxygen atoms in total. The Morgan fingerprint density at radius 2 is 1.95 bits per heavy atom. The first kappa shape index (κ1) is 14.4. The van der Waals surface area contributed by atoms with Gasteiger partial charge in [0.15, 0.2) is 0 Å². The molecule has 1 aromatic rings. The van der Waals surface area contributed by atoms with E-state index in [1.54, 1.807) is 6.07 Å². The first-order valence-corrected chi connectivity index (χ1v) is 7.43. The van der Waals surface area contributed by atoms with Gasteiger partial charge in [-0.3, -0.25) is 0 Å². The number of phenols is 1. The Bertz CT molecular complexity index is 381. The molecule has 0 bridgehead atoms. The molecule has 3 heteroatoms. The van der Waals surface area contributed by atoms with Crippen LogP contribution in [-0.4, -0.2) is 22.9 Å². The van der Waals surface area contributed by atoms with Gasteiger partial charge in [0.05, 0.1) is 6.10 Å². The van der Waals surface area contributed by atoms with Gasteiger partial charge in [0.1, 0.15) is 5.75 Å². The van der Waals surface area contributed by atoms with Crippen LogP contribution in [0, 0.1) is 5.92 Å². The van der Waals surface area contributed by atoms with Crippen molar-refractivity contribution in [1.82, 2.24) is 5.32 Å². The summed E-state index contributed by atoms with van der Waals surface area (Å²) >= 11 is 0. The predicted octanol–water partition coefficient (Wildman–Crippen LogP) is 2.81. The van der Waals surface area contributed by atoms with Gasteiger partial charge >= 0.3 is 0 Å². The first-order chi connectivity index (χ1) is 9.27. The molecule has 0 amide bonds. The summed E-state index contributed by atoms with van der Waals surface area (Å²) < 4.78 is 0. The molecule has 2 atom stereocenters. The second kappa shape index (κ2) is 7.51. The van der Waals surface area contributed by atoms with Gasteiger partial charge in [0, 0.05) is 12.1 Å². The molecule has 0 spiro atoms.